The Morgan fingerprint density at radius 1 is 0.833 bits per heavy atom. The molecular formula is C16H21NO. The first-order valence-corrected chi connectivity index (χ1v) is 6.23. The van der Waals surface area contributed by atoms with Crippen molar-refractivity contribution in [2.75, 3.05) is 12.8 Å². The van der Waals surface area contributed by atoms with E-state index in [9.17, 15) is 0 Å². The van der Waals surface area contributed by atoms with E-state index < -0.39 is 0 Å². The first kappa shape index (κ1) is 14.3. The smallest absolute Gasteiger partial charge is 0.0713 e. The molecule has 2 N–H and O–H groups in total. The minimum atomic E-state index is 0.655. The lowest BCUT2D eigenvalue weighted by molar-refractivity contribution is 0.185. The van der Waals surface area contributed by atoms with E-state index in [2.05, 4.69) is 24.3 Å². The summed E-state index contributed by atoms with van der Waals surface area (Å²) in [7, 11) is 1.70. The maximum Gasteiger partial charge on any atom is 0.0713 e. The lowest BCUT2D eigenvalue weighted by Gasteiger charge is -2.04. The second kappa shape index (κ2) is 7.51. The molecule has 0 aliphatic heterocycles. The van der Waals surface area contributed by atoms with Gasteiger partial charge in [0.15, 0.2) is 0 Å². The zero-order chi connectivity index (χ0) is 13.4. The van der Waals surface area contributed by atoms with Gasteiger partial charge < -0.3 is 10.5 Å². The topological polar surface area (TPSA) is 35.2 Å². The normalized spacial score (nSPS) is 9.50. The number of nitrogens with two attached hydrogens (primary N) is 1. The van der Waals surface area contributed by atoms with Crippen LogP contribution in [0.15, 0.2) is 48.5 Å². The summed E-state index contributed by atoms with van der Waals surface area (Å²) in [5, 5.41) is 0. The molecule has 96 valence electrons. The van der Waals surface area contributed by atoms with Crippen LogP contribution >= 0.6 is 0 Å². The van der Waals surface area contributed by atoms with Gasteiger partial charge in [0.1, 0.15) is 0 Å². The van der Waals surface area contributed by atoms with Gasteiger partial charge in [0.05, 0.1) is 6.61 Å². The van der Waals surface area contributed by atoms with Gasteiger partial charge in [-0.25, -0.2) is 0 Å². The fourth-order valence-electron chi connectivity index (χ4n) is 1.64. The summed E-state index contributed by atoms with van der Waals surface area (Å²) in [6.45, 7) is 4.65. The van der Waals surface area contributed by atoms with Crippen molar-refractivity contribution in [1.29, 1.82) is 0 Å². The zero-order valence-corrected chi connectivity index (χ0v) is 11.3. The molecule has 2 rings (SSSR count). The number of nitrogen functional groups attached to an aromatic ring is 1. The van der Waals surface area contributed by atoms with Gasteiger partial charge in [-0.2, -0.15) is 0 Å². The molecule has 0 saturated heterocycles. The molecule has 0 radical (unpaired) electrons. The molecule has 0 bridgehead atoms. The number of ether oxygens (including phenoxy) is 1. The minimum absolute atomic E-state index is 0.655. The molecule has 0 atom stereocenters. The van der Waals surface area contributed by atoms with Gasteiger partial charge in [-0.05, 0) is 28.8 Å². The van der Waals surface area contributed by atoms with E-state index in [0.717, 1.165) is 5.69 Å². The highest BCUT2D eigenvalue weighted by molar-refractivity contribution is 5.65. The first-order chi connectivity index (χ1) is 8.79. The highest BCUT2D eigenvalue weighted by Crippen LogP contribution is 2.21. The van der Waals surface area contributed by atoms with E-state index in [-0.39, 0.29) is 0 Å². The minimum Gasteiger partial charge on any atom is -0.399 e. The molecule has 0 aliphatic rings. The third-order valence-electron chi connectivity index (χ3n) is 2.51. The summed E-state index contributed by atoms with van der Waals surface area (Å²) >= 11 is 0. The molecule has 2 heteroatoms. The molecule has 0 heterocycles. The lowest BCUT2D eigenvalue weighted by Crippen LogP contribution is -1.87. The third-order valence-corrected chi connectivity index (χ3v) is 2.51. The average molecular weight is 243 g/mol. The quantitative estimate of drug-likeness (QED) is 0.823. The second-order valence-electron chi connectivity index (χ2n) is 3.75. The highest BCUT2D eigenvalue weighted by atomic mass is 16.5. The Morgan fingerprint density at radius 3 is 1.72 bits per heavy atom. The van der Waals surface area contributed by atoms with Crippen LogP contribution < -0.4 is 5.73 Å². The fraction of sp³-hybridized carbons (Fsp3) is 0.250. The number of anilines is 1. The molecule has 2 aromatic rings. The summed E-state index contributed by atoms with van der Waals surface area (Å²) in [6.07, 6.45) is 0. The standard InChI is InChI=1S/C14H15NO.C2H6/c1-16-10-11-2-4-12(5-3-11)13-6-8-14(15)9-7-13;1-2/h2-9H,10,15H2,1H3;1-2H3. The van der Waals surface area contributed by atoms with Crippen molar-refractivity contribution >= 4 is 5.69 Å². The van der Waals surface area contributed by atoms with Crippen LogP contribution in [0.25, 0.3) is 11.1 Å². The number of methoxy groups -OCH3 is 1. The van der Waals surface area contributed by atoms with Crippen molar-refractivity contribution in [3.05, 3.63) is 54.1 Å². The van der Waals surface area contributed by atoms with Crippen LogP contribution in [0.4, 0.5) is 5.69 Å². The molecule has 0 spiro atoms. The Kier molecular flexibility index (Phi) is 5.95. The van der Waals surface area contributed by atoms with Gasteiger partial charge in [-0.1, -0.05) is 50.2 Å². The van der Waals surface area contributed by atoms with Gasteiger partial charge in [0, 0.05) is 12.8 Å². The molecule has 0 fully saturated rings. The van der Waals surface area contributed by atoms with E-state index in [1.165, 1.54) is 16.7 Å². The number of rotatable bonds is 3. The predicted molar refractivity (Wildman–Crippen MR) is 78.4 cm³/mol. The van der Waals surface area contributed by atoms with Crippen LogP contribution in [0, 0.1) is 0 Å². The lowest BCUT2D eigenvalue weighted by atomic mass is 10.0. The van der Waals surface area contributed by atoms with E-state index in [1.807, 2.05) is 38.1 Å². The summed E-state index contributed by atoms with van der Waals surface area (Å²) in [5.41, 5.74) is 10.00. The summed E-state index contributed by atoms with van der Waals surface area (Å²) in [6, 6.07) is 16.2. The molecule has 0 saturated carbocycles. The van der Waals surface area contributed by atoms with Gasteiger partial charge >= 0.3 is 0 Å². The van der Waals surface area contributed by atoms with Crippen molar-refractivity contribution in [3.63, 3.8) is 0 Å². The Balaban J connectivity index is 0.000000771. The summed E-state index contributed by atoms with van der Waals surface area (Å²) in [4.78, 5) is 0. The summed E-state index contributed by atoms with van der Waals surface area (Å²) in [5.74, 6) is 0. The van der Waals surface area contributed by atoms with Crippen molar-refractivity contribution in [2.24, 2.45) is 0 Å². The van der Waals surface area contributed by atoms with Crippen LogP contribution in [0.1, 0.15) is 19.4 Å². The molecule has 2 nitrogen and oxygen atoms in total. The van der Waals surface area contributed by atoms with Crippen molar-refractivity contribution < 1.29 is 4.74 Å². The van der Waals surface area contributed by atoms with Crippen molar-refractivity contribution in [1.82, 2.24) is 0 Å². The molecule has 0 aliphatic carbocycles. The van der Waals surface area contributed by atoms with Gasteiger partial charge in [-0.15, -0.1) is 0 Å². The maximum absolute atomic E-state index is 5.65. The van der Waals surface area contributed by atoms with Gasteiger partial charge in [0.2, 0.25) is 0 Å². The largest absolute Gasteiger partial charge is 0.399 e. The molecule has 0 aromatic heterocycles. The van der Waals surface area contributed by atoms with Crippen LogP contribution in [0.2, 0.25) is 0 Å². The summed E-state index contributed by atoms with van der Waals surface area (Å²) < 4.78 is 5.07. The number of hydrogen-bond acceptors (Lipinski definition) is 2. The second-order valence-corrected chi connectivity index (χ2v) is 3.75. The average Bonchev–Trinajstić information content (AvgIpc) is 2.43. The SMILES string of the molecule is CC.COCc1ccc(-c2ccc(N)cc2)cc1. The highest BCUT2D eigenvalue weighted by Gasteiger charge is 1.97. The van der Waals surface area contributed by atoms with E-state index in [0.29, 0.717) is 6.61 Å². The van der Waals surface area contributed by atoms with Gasteiger partial charge in [-0.3, -0.25) is 0 Å². The number of benzene rings is 2. The molecule has 18 heavy (non-hydrogen) atoms. The maximum atomic E-state index is 5.65. The van der Waals surface area contributed by atoms with Crippen LogP contribution in [0.3, 0.4) is 0 Å². The van der Waals surface area contributed by atoms with E-state index in [4.69, 9.17) is 10.5 Å². The Morgan fingerprint density at radius 2 is 1.28 bits per heavy atom. The Bertz CT molecular complexity index is 446. The van der Waals surface area contributed by atoms with Crippen molar-refractivity contribution in [2.45, 2.75) is 20.5 Å². The van der Waals surface area contributed by atoms with E-state index >= 15 is 0 Å². The van der Waals surface area contributed by atoms with E-state index in [1.54, 1.807) is 7.11 Å². The van der Waals surface area contributed by atoms with Crippen LogP contribution in [-0.2, 0) is 11.3 Å². The Labute approximate surface area is 109 Å². The van der Waals surface area contributed by atoms with Crippen molar-refractivity contribution in [3.8, 4) is 11.1 Å². The van der Waals surface area contributed by atoms with Crippen LogP contribution in [-0.4, -0.2) is 7.11 Å². The first-order valence-electron chi connectivity index (χ1n) is 6.23. The molecular weight excluding hydrogens is 222 g/mol. The molecule has 2 aromatic carbocycles. The monoisotopic (exact) mass is 243 g/mol. The molecule has 0 unspecified atom stereocenters. The third kappa shape index (κ3) is 3.90. The fourth-order valence-corrected chi connectivity index (χ4v) is 1.64. The zero-order valence-electron chi connectivity index (χ0n) is 11.3. The Hall–Kier alpha value is -1.80. The van der Waals surface area contributed by atoms with Gasteiger partial charge in [0.25, 0.3) is 0 Å². The predicted octanol–water partition coefficient (Wildman–Crippen LogP) is 4.11. The number of hydrogen-bond donors (Lipinski definition) is 1. The van der Waals surface area contributed by atoms with Crippen LogP contribution in [0.5, 0.6) is 0 Å². The molecule has 0 amide bonds.